The molecule has 0 spiro atoms. The molecule has 0 rings (SSSR count). The van der Waals surface area contributed by atoms with Gasteiger partial charge in [-0.2, -0.15) is 0 Å². The molecule has 0 aromatic carbocycles. The average Bonchev–Trinajstić information content (AvgIpc) is 2.16. The van der Waals surface area contributed by atoms with Crippen molar-refractivity contribution in [1.29, 1.82) is 0 Å². The van der Waals surface area contributed by atoms with Gasteiger partial charge in [0.05, 0.1) is 6.54 Å². The number of likely N-dealkylation sites (N-methyl/N-ethyl adjacent to an activating group) is 1. The number of carbonyl (C=O) groups is 1. The van der Waals surface area contributed by atoms with Gasteiger partial charge in [-0.25, -0.2) is 0 Å². The minimum absolute atomic E-state index is 0.0954. The second kappa shape index (κ2) is 9.42. The van der Waals surface area contributed by atoms with E-state index in [1.807, 2.05) is 11.9 Å². The van der Waals surface area contributed by atoms with Crippen molar-refractivity contribution in [2.75, 3.05) is 26.7 Å². The van der Waals surface area contributed by atoms with Crippen LogP contribution in [-0.4, -0.2) is 43.5 Å². The zero-order chi connectivity index (χ0) is 13.3. The van der Waals surface area contributed by atoms with Crippen molar-refractivity contribution >= 4 is 5.91 Å². The van der Waals surface area contributed by atoms with E-state index in [9.17, 15) is 4.79 Å². The van der Waals surface area contributed by atoms with Gasteiger partial charge in [0.25, 0.3) is 0 Å². The molecular weight excluding hydrogens is 214 g/mol. The quantitative estimate of drug-likeness (QED) is 0.640. The molecule has 0 aliphatic rings. The Morgan fingerprint density at radius 2 is 1.94 bits per heavy atom. The van der Waals surface area contributed by atoms with Gasteiger partial charge >= 0.3 is 0 Å². The maximum absolute atomic E-state index is 11.6. The molecule has 1 amide bonds. The second-order valence-electron chi connectivity index (χ2n) is 5.32. The van der Waals surface area contributed by atoms with Crippen molar-refractivity contribution in [1.82, 2.24) is 10.2 Å². The number of hydrogen-bond donors (Lipinski definition) is 2. The molecule has 0 saturated heterocycles. The lowest BCUT2D eigenvalue weighted by molar-refractivity contribution is -0.122. The van der Waals surface area contributed by atoms with E-state index in [4.69, 9.17) is 5.73 Å². The van der Waals surface area contributed by atoms with Gasteiger partial charge in [0.2, 0.25) is 5.91 Å². The Bertz CT molecular complexity index is 207. The number of carbonyl (C=O) groups excluding carboxylic acids is 1. The highest BCUT2D eigenvalue weighted by Crippen LogP contribution is 2.08. The summed E-state index contributed by atoms with van der Waals surface area (Å²) in [5.74, 6) is 0.839. The maximum Gasteiger partial charge on any atom is 0.234 e. The van der Waals surface area contributed by atoms with Crippen molar-refractivity contribution in [3.8, 4) is 0 Å². The van der Waals surface area contributed by atoms with Gasteiger partial charge < -0.3 is 11.1 Å². The largest absolute Gasteiger partial charge is 0.353 e. The summed E-state index contributed by atoms with van der Waals surface area (Å²) < 4.78 is 0. The van der Waals surface area contributed by atoms with Crippen molar-refractivity contribution < 1.29 is 4.79 Å². The molecule has 4 heteroatoms. The third-order valence-electron chi connectivity index (χ3n) is 2.75. The number of hydrogen-bond acceptors (Lipinski definition) is 3. The summed E-state index contributed by atoms with van der Waals surface area (Å²) in [7, 11) is 1.91. The van der Waals surface area contributed by atoms with Crippen molar-refractivity contribution in [2.24, 2.45) is 11.7 Å². The molecule has 0 fully saturated rings. The number of amides is 1. The van der Waals surface area contributed by atoms with Crippen LogP contribution in [0.5, 0.6) is 0 Å². The summed E-state index contributed by atoms with van der Waals surface area (Å²) in [6, 6.07) is 0.271. The smallest absolute Gasteiger partial charge is 0.234 e. The lowest BCUT2D eigenvalue weighted by Crippen LogP contribution is -2.41. The SMILES string of the molecule is CC(C)CCCC(C)NC(=O)CN(C)CCN. The molecule has 0 aromatic rings. The Hall–Kier alpha value is -0.610. The van der Waals surface area contributed by atoms with Gasteiger partial charge in [-0.05, 0) is 26.3 Å². The van der Waals surface area contributed by atoms with E-state index >= 15 is 0 Å². The molecule has 1 atom stereocenters. The van der Waals surface area contributed by atoms with Crippen LogP contribution in [0.1, 0.15) is 40.0 Å². The van der Waals surface area contributed by atoms with E-state index in [2.05, 4.69) is 26.1 Å². The van der Waals surface area contributed by atoms with E-state index in [0.29, 0.717) is 13.1 Å². The standard InChI is InChI=1S/C13H29N3O/c1-11(2)6-5-7-12(3)15-13(17)10-16(4)9-8-14/h11-12H,5-10,14H2,1-4H3,(H,15,17). The van der Waals surface area contributed by atoms with Gasteiger partial charge in [-0.15, -0.1) is 0 Å². The zero-order valence-electron chi connectivity index (χ0n) is 11.8. The molecule has 102 valence electrons. The first-order chi connectivity index (χ1) is 7.95. The van der Waals surface area contributed by atoms with Crippen LogP contribution in [0, 0.1) is 5.92 Å². The first-order valence-electron chi connectivity index (χ1n) is 6.63. The van der Waals surface area contributed by atoms with Crippen molar-refractivity contribution in [3.05, 3.63) is 0 Å². The van der Waals surface area contributed by atoms with Crippen LogP contribution < -0.4 is 11.1 Å². The van der Waals surface area contributed by atoms with Crippen LogP contribution in [0.3, 0.4) is 0 Å². The lowest BCUT2D eigenvalue weighted by Gasteiger charge is -2.18. The first kappa shape index (κ1) is 16.4. The van der Waals surface area contributed by atoms with Crippen molar-refractivity contribution in [3.63, 3.8) is 0 Å². The summed E-state index contributed by atoms with van der Waals surface area (Å²) in [4.78, 5) is 13.6. The van der Waals surface area contributed by atoms with Crippen LogP contribution in [0.15, 0.2) is 0 Å². The van der Waals surface area contributed by atoms with E-state index in [-0.39, 0.29) is 11.9 Å². The summed E-state index contributed by atoms with van der Waals surface area (Å²) in [6.07, 6.45) is 3.47. The normalized spacial score (nSPS) is 13.1. The third-order valence-corrected chi connectivity index (χ3v) is 2.75. The van der Waals surface area contributed by atoms with Crippen LogP contribution in [0.4, 0.5) is 0 Å². The maximum atomic E-state index is 11.6. The van der Waals surface area contributed by atoms with Crippen molar-refractivity contribution in [2.45, 2.75) is 46.1 Å². The molecule has 4 nitrogen and oxygen atoms in total. The molecule has 0 aliphatic carbocycles. The van der Waals surface area contributed by atoms with Crippen LogP contribution in [0.2, 0.25) is 0 Å². The Kier molecular flexibility index (Phi) is 9.09. The molecular formula is C13H29N3O. The fourth-order valence-electron chi connectivity index (χ4n) is 1.77. The summed E-state index contributed by atoms with van der Waals surface area (Å²) in [5.41, 5.74) is 5.43. The van der Waals surface area contributed by atoms with Crippen LogP contribution in [0.25, 0.3) is 0 Å². The summed E-state index contributed by atoms with van der Waals surface area (Å²) in [6.45, 7) is 8.31. The fourth-order valence-corrected chi connectivity index (χ4v) is 1.77. The van der Waals surface area contributed by atoms with Crippen LogP contribution in [-0.2, 0) is 4.79 Å². The molecule has 0 radical (unpaired) electrons. The molecule has 0 bridgehead atoms. The zero-order valence-corrected chi connectivity index (χ0v) is 11.8. The number of nitrogens with one attached hydrogen (secondary N) is 1. The highest BCUT2D eigenvalue weighted by Gasteiger charge is 2.09. The Labute approximate surface area is 106 Å². The first-order valence-corrected chi connectivity index (χ1v) is 6.63. The van der Waals surface area contributed by atoms with Gasteiger partial charge in [-0.3, -0.25) is 9.69 Å². The fraction of sp³-hybridized carbons (Fsp3) is 0.923. The minimum Gasteiger partial charge on any atom is -0.353 e. The van der Waals surface area contributed by atoms with E-state index in [1.54, 1.807) is 0 Å². The topological polar surface area (TPSA) is 58.4 Å². The monoisotopic (exact) mass is 243 g/mol. The molecule has 0 saturated carbocycles. The predicted octanol–water partition coefficient (Wildman–Crippen LogP) is 1.21. The highest BCUT2D eigenvalue weighted by atomic mass is 16.2. The Balaban J connectivity index is 3.65. The number of nitrogens with zero attached hydrogens (tertiary/aromatic N) is 1. The van der Waals surface area contributed by atoms with Gasteiger partial charge in [0.15, 0.2) is 0 Å². The van der Waals surface area contributed by atoms with Gasteiger partial charge in [0.1, 0.15) is 0 Å². The third kappa shape index (κ3) is 10.3. The number of nitrogens with two attached hydrogens (primary N) is 1. The molecule has 0 aromatic heterocycles. The summed E-state index contributed by atoms with van der Waals surface area (Å²) >= 11 is 0. The van der Waals surface area contributed by atoms with E-state index in [1.165, 1.54) is 12.8 Å². The van der Waals surface area contributed by atoms with Gasteiger partial charge in [0, 0.05) is 19.1 Å². The molecule has 0 aliphatic heterocycles. The highest BCUT2D eigenvalue weighted by molar-refractivity contribution is 5.78. The average molecular weight is 243 g/mol. The van der Waals surface area contributed by atoms with E-state index in [0.717, 1.165) is 18.9 Å². The Morgan fingerprint density at radius 1 is 1.29 bits per heavy atom. The molecule has 3 N–H and O–H groups in total. The second-order valence-corrected chi connectivity index (χ2v) is 5.32. The molecule has 0 heterocycles. The number of rotatable bonds is 9. The van der Waals surface area contributed by atoms with Crippen LogP contribution >= 0.6 is 0 Å². The molecule has 17 heavy (non-hydrogen) atoms. The predicted molar refractivity (Wildman–Crippen MR) is 72.8 cm³/mol. The lowest BCUT2D eigenvalue weighted by atomic mass is 10.0. The molecule has 1 unspecified atom stereocenters. The van der Waals surface area contributed by atoms with Gasteiger partial charge in [-0.1, -0.05) is 26.7 Å². The summed E-state index contributed by atoms with van der Waals surface area (Å²) in [5, 5.41) is 3.02. The van der Waals surface area contributed by atoms with E-state index < -0.39 is 0 Å². The Morgan fingerprint density at radius 3 is 2.47 bits per heavy atom. The minimum atomic E-state index is 0.0954.